The van der Waals surface area contributed by atoms with E-state index in [1.54, 1.807) is 0 Å². The molecule has 17 heavy (non-hydrogen) atoms. The van der Waals surface area contributed by atoms with Gasteiger partial charge in [0, 0.05) is 28.9 Å². The third-order valence-corrected chi connectivity index (χ3v) is 5.46. The molecule has 1 nitrogen and oxygen atoms in total. The lowest BCUT2D eigenvalue weighted by molar-refractivity contribution is 0.250. The summed E-state index contributed by atoms with van der Waals surface area (Å²) in [6.07, 6.45) is 2.75. The number of hydrogen-bond donors (Lipinski definition) is 0. The van der Waals surface area contributed by atoms with E-state index in [9.17, 15) is 0 Å². The average Bonchev–Trinajstić information content (AvgIpc) is 2.89. The summed E-state index contributed by atoms with van der Waals surface area (Å²) in [6, 6.07) is 9.59. The van der Waals surface area contributed by atoms with E-state index in [0.717, 1.165) is 19.1 Å². The quantitative estimate of drug-likeness (QED) is 0.766. The zero-order valence-electron chi connectivity index (χ0n) is 9.43. The molecule has 0 unspecified atom stereocenters. The molecule has 3 rings (SSSR count). The molecule has 4 heteroatoms. The van der Waals surface area contributed by atoms with Crippen LogP contribution < -0.4 is 0 Å². The van der Waals surface area contributed by atoms with Crippen LogP contribution in [0.5, 0.6) is 0 Å². The molecule has 0 spiro atoms. The third-order valence-electron chi connectivity index (χ3n) is 2.99. The fraction of sp³-hybridized carbons (Fsp3) is 0.385. The van der Waals surface area contributed by atoms with Crippen LogP contribution in [0, 0.1) is 0 Å². The van der Waals surface area contributed by atoms with Gasteiger partial charge in [0.2, 0.25) is 0 Å². The minimum atomic E-state index is 0.818. The molecule has 2 aromatic rings. The molecule has 0 atom stereocenters. The zero-order chi connectivity index (χ0) is 11.7. The third kappa shape index (κ3) is 3.19. The minimum absolute atomic E-state index is 0.818. The van der Waals surface area contributed by atoms with Crippen molar-refractivity contribution in [2.45, 2.75) is 32.0 Å². The van der Waals surface area contributed by atoms with Gasteiger partial charge in [-0.15, -0.1) is 22.7 Å². The molecule has 0 aliphatic heterocycles. The average molecular weight is 328 g/mol. The van der Waals surface area contributed by atoms with Crippen molar-refractivity contribution in [2.75, 3.05) is 0 Å². The Morgan fingerprint density at radius 3 is 2.59 bits per heavy atom. The van der Waals surface area contributed by atoms with Crippen molar-refractivity contribution in [3.8, 4) is 0 Å². The molecule has 1 saturated carbocycles. The van der Waals surface area contributed by atoms with Gasteiger partial charge in [-0.3, -0.25) is 4.90 Å². The summed E-state index contributed by atoms with van der Waals surface area (Å²) in [4.78, 5) is 5.55. The monoisotopic (exact) mass is 327 g/mol. The first kappa shape index (κ1) is 11.9. The summed E-state index contributed by atoms with van der Waals surface area (Å²) >= 11 is 7.25. The van der Waals surface area contributed by atoms with Crippen molar-refractivity contribution in [1.82, 2.24) is 4.90 Å². The van der Waals surface area contributed by atoms with Crippen LogP contribution in [-0.4, -0.2) is 10.9 Å². The first-order valence-electron chi connectivity index (χ1n) is 5.82. The van der Waals surface area contributed by atoms with Crippen LogP contribution in [0.3, 0.4) is 0 Å². The molecule has 90 valence electrons. The van der Waals surface area contributed by atoms with Crippen LogP contribution in [0.15, 0.2) is 33.4 Å². The second-order valence-corrected chi connectivity index (χ2v) is 8.00. The second-order valence-electron chi connectivity index (χ2n) is 4.42. The number of thiophene rings is 2. The number of nitrogens with zero attached hydrogens (tertiary/aromatic N) is 1. The van der Waals surface area contributed by atoms with Gasteiger partial charge in [0.25, 0.3) is 0 Å². The van der Waals surface area contributed by atoms with Crippen LogP contribution in [0.25, 0.3) is 0 Å². The van der Waals surface area contributed by atoms with E-state index < -0.39 is 0 Å². The van der Waals surface area contributed by atoms with Crippen molar-refractivity contribution < 1.29 is 0 Å². The number of hydrogen-bond acceptors (Lipinski definition) is 3. The van der Waals surface area contributed by atoms with E-state index in [1.165, 1.54) is 26.4 Å². The van der Waals surface area contributed by atoms with Gasteiger partial charge >= 0.3 is 0 Å². The largest absolute Gasteiger partial charge is 0.290 e. The van der Waals surface area contributed by atoms with Gasteiger partial charge in [-0.25, -0.2) is 0 Å². The van der Waals surface area contributed by atoms with Crippen molar-refractivity contribution in [1.29, 1.82) is 0 Å². The first-order valence-corrected chi connectivity index (χ1v) is 8.31. The summed E-state index contributed by atoms with van der Waals surface area (Å²) in [5.74, 6) is 0. The van der Waals surface area contributed by atoms with Gasteiger partial charge in [-0.2, -0.15) is 0 Å². The van der Waals surface area contributed by atoms with Gasteiger partial charge in [0.15, 0.2) is 0 Å². The maximum absolute atomic E-state index is 3.54. The Kier molecular flexibility index (Phi) is 3.66. The predicted octanol–water partition coefficient (Wildman–Crippen LogP) is 4.74. The Morgan fingerprint density at radius 2 is 2.00 bits per heavy atom. The molecule has 1 aliphatic carbocycles. The van der Waals surface area contributed by atoms with Gasteiger partial charge in [-0.05, 0) is 52.4 Å². The first-order chi connectivity index (χ1) is 8.31. The van der Waals surface area contributed by atoms with E-state index in [2.05, 4.69) is 50.5 Å². The summed E-state index contributed by atoms with van der Waals surface area (Å²) < 4.78 is 1.24. The SMILES string of the molecule is Brc1ccc(CN(Cc2cccs2)C2CC2)s1. The standard InChI is InChI=1S/C13H14BrNS2/c14-13-6-5-12(17-13)9-15(10-3-4-10)8-11-2-1-7-16-11/h1-2,5-7,10H,3-4,8-9H2. The highest BCUT2D eigenvalue weighted by molar-refractivity contribution is 9.11. The Balaban J connectivity index is 1.68. The molecule has 2 aromatic heterocycles. The van der Waals surface area contributed by atoms with Crippen molar-refractivity contribution in [2.24, 2.45) is 0 Å². The van der Waals surface area contributed by atoms with Gasteiger partial charge in [0.05, 0.1) is 3.79 Å². The highest BCUT2D eigenvalue weighted by atomic mass is 79.9. The van der Waals surface area contributed by atoms with Gasteiger partial charge in [0.1, 0.15) is 0 Å². The molecule has 0 N–H and O–H groups in total. The number of rotatable bonds is 5. The summed E-state index contributed by atoms with van der Waals surface area (Å²) in [7, 11) is 0. The highest BCUT2D eigenvalue weighted by Gasteiger charge is 2.29. The van der Waals surface area contributed by atoms with Gasteiger partial charge in [-0.1, -0.05) is 6.07 Å². The summed E-state index contributed by atoms with van der Waals surface area (Å²) in [5, 5.41) is 2.17. The molecular weight excluding hydrogens is 314 g/mol. The molecule has 0 bridgehead atoms. The lowest BCUT2D eigenvalue weighted by atomic mass is 10.3. The molecule has 0 radical (unpaired) electrons. The predicted molar refractivity (Wildman–Crippen MR) is 78.6 cm³/mol. The highest BCUT2D eigenvalue weighted by Crippen LogP contribution is 2.32. The van der Waals surface area contributed by atoms with Crippen LogP contribution in [0.4, 0.5) is 0 Å². The smallest absolute Gasteiger partial charge is 0.0701 e. The van der Waals surface area contributed by atoms with E-state index in [1.807, 2.05) is 22.7 Å². The van der Waals surface area contributed by atoms with Crippen LogP contribution in [0.1, 0.15) is 22.6 Å². The lowest BCUT2D eigenvalue weighted by Gasteiger charge is -2.20. The molecule has 0 amide bonds. The molecule has 1 fully saturated rings. The van der Waals surface area contributed by atoms with Crippen molar-refractivity contribution in [3.63, 3.8) is 0 Å². The topological polar surface area (TPSA) is 3.24 Å². The molecule has 0 aromatic carbocycles. The molecular formula is C13H14BrNS2. The van der Waals surface area contributed by atoms with E-state index in [4.69, 9.17) is 0 Å². The van der Waals surface area contributed by atoms with Crippen LogP contribution in [-0.2, 0) is 13.1 Å². The second kappa shape index (κ2) is 5.22. The van der Waals surface area contributed by atoms with Crippen LogP contribution >= 0.6 is 38.6 Å². The number of halogens is 1. The van der Waals surface area contributed by atoms with E-state index in [-0.39, 0.29) is 0 Å². The van der Waals surface area contributed by atoms with Gasteiger partial charge < -0.3 is 0 Å². The fourth-order valence-corrected chi connectivity index (χ4v) is 4.23. The maximum Gasteiger partial charge on any atom is 0.0701 e. The molecule has 0 saturated heterocycles. The fourth-order valence-electron chi connectivity index (χ4n) is 1.99. The Bertz CT molecular complexity index is 473. The Hall–Kier alpha value is -0.160. The summed E-state index contributed by atoms with van der Waals surface area (Å²) in [5.41, 5.74) is 0. The van der Waals surface area contributed by atoms with E-state index >= 15 is 0 Å². The van der Waals surface area contributed by atoms with Crippen molar-refractivity contribution >= 4 is 38.6 Å². The molecule has 1 aliphatic rings. The zero-order valence-corrected chi connectivity index (χ0v) is 12.7. The normalized spacial score (nSPS) is 15.6. The Labute approximate surface area is 118 Å². The maximum atomic E-state index is 3.54. The minimum Gasteiger partial charge on any atom is -0.290 e. The van der Waals surface area contributed by atoms with Crippen molar-refractivity contribution in [3.05, 3.63) is 43.2 Å². The molecule has 2 heterocycles. The van der Waals surface area contributed by atoms with E-state index in [0.29, 0.717) is 0 Å². The lowest BCUT2D eigenvalue weighted by Crippen LogP contribution is -2.24. The Morgan fingerprint density at radius 1 is 1.18 bits per heavy atom. The van der Waals surface area contributed by atoms with Crippen LogP contribution in [0.2, 0.25) is 0 Å². The summed E-state index contributed by atoms with van der Waals surface area (Å²) in [6.45, 7) is 2.21.